The first kappa shape index (κ1) is 20.1. The number of rotatable bonds is 6. The van der Waals surface area contributed by atoms with Crippen molar-refractivity contribution in [2.45, 2.75) is 12.1 Å². The third kappa shape index (κ3) is 3.67. The van der Waals surface area contributed by atoms with Crippen LogP contribution >= 0.6 is 11.8 Å². The number of aromatic nitrogens is 4. The molecule has 0 aliphatic carbocycles. The third-order valence-electron chi connectivity index (χ3n) is 5.09. The largest absolute Gasteiger partial charge is 0.495 e. The van der Waals surface area contributed by atoms with Crippen LogP contribution in [0.2, 0.25) is 0 Å². The lowest BCUT2D eigenvalue weighted by Crippen LogP contribution is -2.15. The molecule has 160 valence electrons. The molecule has 1 amide bonds. The zero-order valence-corrected chi connectivity index (χ0v) is 18.2. The molecule has 0 bridgehead atoms. The van der Waals surface area contributed by atoms with Crippen LogP contribution in [0.15, 0.2) is 70.2 Å². The molecule has 1 N–H and O–H groups in total. The minimum absolute atomic E-state index is 0.133. The molecular weight excluding hydrogens is 426 g/mol. The van der Waals surface area contributed by atoms with Gasteiger partial charge in [0.25, 0.3) is 0 Å². The lowest BCUT2D eigenvalue weighted by Gasteiger charge is -2.10. The zero-order chi connectivity index (χ0) is 22.1. The Kier molecular flexibility index (Phi) is 5.24. The number of methoxy groups -OCH3 is 1. The predicted molar refractivity (Wildman–Crippen MR) is 124 cm³/mol. The molecule has 0 radical (unpaired) electrons. The van der Waals surface area contributed by atoms with Crippen molar-refractivity contribution in [2.24, 2.45) is 0 Å². The maximum absolute atomic E-state index is 12.7. The number of nitrogens with one attached hydrogen (secondary N) is 1. The summed E-state index contributed by atoms with van der Waals surface area (Å²) in [5.41, 5.74) is 3.92. The second-order valence-corrected chi connectivity index (χ2v) is 8.09. The summed E-state index contributed by atoms with van der Waals surface area (Å²) in [6, 6.07) is 19.2. The number of carbonyl (C=O) groups is 1. The summed E-state index contributed by atoms with van der Waals surface area (Å²) >= 11 is 1.26. The number of carbonyl (C=O) groups excluding carboxylic acids is 1. The van der Waals surface area contributed by atoms with Crippen LogP contribution in [0.1, 0.15) is 5.56 Å². The highest BCUT2D eigenvalue weighted by atomic mass is 32.2. The Morgan fingerprint density at radius 1 is 1.09 bits per heavy atom. The van der Waals surface area contributed by atoms with Crippen molar-refractivity contribution in [3.63, 3.8) is 0 Å². The molecule has 9 heteroatoms. The van der Waals surface area contributed by atoms with Gasteiger partial charge < -0.3 is 14.5 Å². The first-order valence-electron chi connectivity index (χ1n) is 9.90. The van der Waals surface area contributed by atoms with E-state index in [1.165, 1.54) is 11.8 Å². The van der Waals surface area contributed by atoms with Crippen molar-refractivity contribution >= 4 is 45.3 Å². The van der Waals surface area contributed by atoms with Crippen LogP contribution in [-0.2, 0) is 4.79 Å². The molecule has 0 atom stereocenters. The van der Waals surface area contributed by atoms with Gasteiger partial charge in [0.1, 0.15) is 16.9 Å². The number of thioether (sulfide) groups is 1. The number of aryl methyl sites for hydroxylation is 1. The number of fused-ring (bicyclic) bond motifs is 3. The second kappa shape index (κ2) is 8.35. The number of ether oxygens (including phenoxy) is 1. The van der Waals surface area contributed by atoms with Crippen molar-refractivity contribution in [3.8, 4) is 11.4 Å². The molecule has 32 heavy (non-hydrogen) atoms. The maximum Gasteiger partial charge on any atom is 0.234 e. The summed E-state index contributed by atoms with van der Waals surface area (Å²) in [7, 11) is 1.57. The SMILES string of the molecule is COc1cc2c(cc1NC(=O)CSc1nnnn1-c1ccccc1C)oc1ccccc12. The molecule has 0 saturated heterocycles. The molecule has 0 saturated carbocycles. The topological polar surface area (TPSA) is 95.1 Å². The summed E-state index contributed by atoms with van der Waals surface area (Å²) < 4.78 is 13.1. The maximum atomic E-state index is 12.7. The van der Waals surface area contributed by atoms with Crippen LogP contribution in [0.5, 0.6) is 5.75 Å². The average molecular weight is 446 g/mol. The van der Waals surface area contributed by atoms with Gasteiger partial charge in [0, 0.05) is 16.8 Å². The number of para-hydroxylation sites is 2. The highest BCUT2D eigenvalue weighted by Gasteiger charge is 2.16. The highest BCUT2D eigenvalue weighted by molar-refractivity contribution is 7.99. The number of hydrogen-bond donors (Lipinski definition) is 1. The van der Waals surface area contributed by atoms with E-state index >= 15 is 0 Å². The Balaban J connectivity index is 1.35. The molecule has 0 unspecified atom stereocenters. The fourth-order valence-electron chi connectivity index (χ4n) is 3.56. The lowest BCUT2D eigenvalue weighted by molar-refractivity contribution is -0.113. The number of amides is 1. The van der Waals surface area contributed by atoms with Gasteiger partial charge in [0.15, 0.2) is 0 Å². The van der Waals surface area contributed by atoms with E-state index < -0.39 is 0 Å². The van der Waals surface area contributed by atoms with Gasteiger partial charge in [0.2, 0.25) is 11.1 Å². The van der Waals surface area contributed by atoms with Gasteiger partial charge in [-0.15, -0.1) is 5.10 Å². The van der Waals surface area contributed by atoms with Gasteiger partial charge in [-0.1, -0.05) is 48.2 Å². The number of furan rings is 1. The quantitative estimate of drug-likeness (QED) is 0.381. The van der Waals surface area contributed by atoms with Gasteiger partial charge in [0.05, 0.1) is 24.2 Å². The fraction of sp³-hybridized carbons (Fsp3) is 0.130. The van der Waals surface area contributed by atoms with E-state index in [4.69, 9.17) is 9.15 Å². The van der Waals surface area contributed by atoms with E-state index in [-0.39, 0.29) is 11.7 Å². The van der Waals surface area contributed by atoms with Gasteiger partial charge in [-0.3, -0.25) is 4.79 Å². The summed E-state index contributed by atoms with van der Waals surface area (Å²) in [5, 5.41) is 17.3. The Morgan fingerprint density at radius 3 is 2.75 bits per heavy atom. The number of tetrazole rings is 1. The summed E-state index contributed by atoms with van der Waals surface area (Å²) in [5.74, 6) is 0.489. The number of nitrogens with zero attached hydrogens (tertiary/aromatic N) is 4. The van der Waals surface area contributed by atoms with E-state index in [9.17, 15) is 4.79 Å². The number of benzene rings is 3. The zero-order valence-electron chi connectivity index (χ0n) is 17.4. The van der Waals surface area contributed by atoms with Crippen molar-refractivity contribution in [1.29, 1.82) is 0 Å². The van der Waals surface area contributed by atoms with E-state index in [1.54, 1.807) is 17.9 Å². The summed E-state index contributed by atoms with van der Waals surface area (Å²) in [6.45, 7) is 1.98. The molecule has 2 aromatic heterocycles. The first-order chi connectivity index (χ1) is 15.6. The molecule has 3 aromatic carbocycles. The molecule has 2 heterocycles. The molecule has 0 aliphatic rings. The molecular formula is C23H19N5O3S. The molecule has 5 aromatic rings. The summed E-state index contributed by atoms with van der Waals surface area (Å²) in [4.78, 5) is 12.7. The monoisotopic (exact) mass is 445 g/mol. The van der Waals surface area contributed by atoms with Crippen LogP contribution in [0.4, 0.5) is 5.69 Å². The molecule has 8 nitrogen and oxygen atoms in total. The molecule has 0 spiro atoms. The normalized spacial score (nSPS) is 11.2. The van der Waals surface area contributed by atoms with Crippen LogP contribution < -0.4 is 10.1 Å². The molecule has 0 aliphatic heterocycles. The van der Waals surface area contributed by atoms with Crippen molar-refractivity contribution in [2.75, 3.05) is 18.2 Å². The van der Waals surface area contributed by atoms with E-state index in [2.05, 4.69) is 20.8 Å². The van der Waals surface area contributed by atoms with Crippen molar-refractivity contribution < 1.29 is 13.9 Å². The van der Waals surface area contributed by atoms with E-state index in [0.717, 1.165) is 27.6 Å². The Morgan fingerprint density at radius 2 is 1.91 bits per heavy atom. The Bertz CT molecular complexity index is 1440. The van der Waals surface area contributed by atoms with Crippen LogP contribution in [0.25, 0.3) is 27.6 Å². The van der Waals surface area contributed by atoms with Gasteiger partial charge in [-0.25, -0.2) is 0 Å². The van der Waals surface area contributed by atoms with Gasteiger partial charge >= 0.3 is 0 Å². The van der Waals surface area contributed by atoms with Gasteiger partial charge in [-0.2, -0.15) is 4.68 Å². The lowest BCUT2D eigenvalue weighted by atomic mass is 10.1. The van der Waals surface area contributed by atoms with Gasteiger partial charge in [-0.05, 0) is 41.1 Å². The highest BCUT2D eigenvalue weighted by Crippen LogP contribution is 2.36. The Labute approximate surface area is 187 Å². The van der Waals surface area contributed by atoms with Crippen molar-refractivity contribution in [1.82, 2.24) is 20.2 Å². The van der Waals surface area contributed by atoms with E-state index in [0.29, 0.717) is 22.2 Å². The van der Waals surface area contributed by atoms with E-state index in [1.807, 2.05) is 61.5 Å². The minimum Gasteiger partial charge on any atom is -0.495 e. The minimum atomic E-state index is -0.205. The molecule has 5 rings (SSSR count). The van der Waals surface area contributed by atoms with Crippen molar-refractivity contribution in [3.05, 3.63) is 66.2 Å². The van der Waals surface area contributed by atoms with Crippen LogP contribution in [0, 0.1) is 6.92 Å². The van der Waals surface area contributed by atoms with Crippen LogP contribution in [0.3, 0.4) is 0 Å². The number of anilines is 1. The standard InChI is InChI=1S/C23H19N5O3S/c1-14-7-3-5-9-18(14)28-23(25-26-27-28)32-13-22(29)24-17-12-20-16(11-21(17)30-2)15-8-4-6-10-19(15)31-20/h3-12H,13H2,1-2H3,(H,24,29). The third-order valence-corrected chi connectivity index (χ3v) is 6.01. The first-order valence-corrected chi connectivity index (χ1v) is 10.9. The Hall–Kier alpha value is -3.85. The molecule has 0 fully saturated rings. The number of hydrogen-bond acceptors (Lipinski definition) is 7. The smallest absolute Gasteiger partial charge is 0.234 e. The average Bonchev–Trinajstić information content (AvgIpc) is 3.41. The fourth-order valence-corrected chi connectivity index (χ4v) is 4.24. The summed E-state index contributed by atoms with van der Waals surface area (Å²) in [6.07, 6.45) is 0. The second-order valence-electron chi connectivity index (χ2n) is 7.14. The predicted octanol–water partition coefficient (Wildman–Crippen LogP) is 4.61. The van der Waals surface area contributed by atoms with Crippen LogP contribution in [-0.4, -0.2) is 39.0 Å².